The zero-order valence-electron chi connectivity index (χ0n) is 12.6. The van der Waals surface area contributed by atoms with Crippen molar-refractivity contribution in [2.75, 3.05) is 18.4 Å². The highest BCUT2D eigenvalue weighted by Gasteiger charge is 2.12. The van der Waals surface area contributed by atoms with Gasteiger partial charge in [0.1, 0.15) is 0 Å². The summed E-state index contributed by atoms with van der Waals surface area (Å²) in [4.78, 5) is 14.1. The van der Waals surface area contributed by atoms with Crippen LogP contribution in [0.1, 0.15) is 44.2 Å². The van der Waals surface area contributed by atoms with Gasteiger partial charge >= 0.3 is 6.03 Å². The summed E-state index contributed by atoms with van der Waals surface area (Å²) in [5.74, 6) is 0. The number of unbranched alkanes of at least 4 members (excludes halogenated alkanes) is 1. The summed E-state index contributed by atoms with van der Waals surface area (Å²) in [6.07, 6.45) is 3.15. The van der Waals surface area contributed by atoms with Gasteiger partial charge in [-0.25, -0.2) is 4.79 Å². The smallest absolute Gasteiger partial charge is 0.321 e. The Labute approximate surface area is 117 Å². The number of anilines is 1. The largest absolute Gasteiger partial charge is 0.325 e. The van der Waals surface area contributed by atoms with E-state index in [1.807, 2.05) is 23.1 Å². The van der Waals surface area contributed by atoms with Crippen molar-refractivity contribution in [3.05, 3.63) is 29.3 Å². The summed E-state index contributed by atoms with van der Waals surface area (Å²) < 4.78 is 0. The summed E-state index contributed by atoms with van der Waals surface area (Å²) in [6.45, 7) is 10.0. The number of carbonyl (C=O) groups is 1. The van der Waals surface area contributed by atoms with Gasteiger partial charge in [0.2, 0.25) is 0 Å². The molecule has 1 N–H and O–H groups in total. The second-order valence-corrected chi connectivity index (χ2v) is 5.07. The summed E-state index contributed by atoms with van der Waals surface area (Å²) in [5, 5.41) is 2.99. The second kappa shape index (κ2) is 7.82. The molecule has 0 aliphatic heterocycles. The van der Waals surface area contributed by atoms with Crippen molar-refractivity contribution in [1.82, 2.24) is 4.90 Å². The van der Waals surface area contributed by atoms with E-state index in [0.717, 1.165) is 38.0 Å². The second-order valence-electron chi connectivity index (χ2n) is 5.07. The van der Waals surface area contributed by atoms with E-state index in [2.05, 4.69) is 33.0 Å². The minimum Gasteiger partial charge on any atom is -0.325 e. The number of nitrogens with zero attached hydrogens (tertiary/aromatic N) is 1. The Hall–Kier alpha value is -1.51. The van der Waals surface area contributed by atoms with Crippen molar-refractivity contribution < 1.29 is 4.79 Å². The molecule has 1 aromatic carbocycles. The van der Waals surface area contributed by atoms with Crippen LogP contribution in [0.25, 0.3) is 0 Å². The van der Waals surface area contributed by atoms with Crippen molar-refractivity contribution in [2.24, 2.45) is 0 Å². The lowest BCUT2D eigenvalue weighted by atomic mass is 10.1. The molecular formula is C16H26N2O. The van der Waals surface area contributed by atoms with E-state index >= 15 is 0 Å². The van der Waals surface area contributed by atoms with Crippen molar-refractivity contribution in [1.29, 1.82) is 0 Å². The molecule has 0 aromatic heterocycles. The van der Waals surface area contributed by atoms with Crippen LogP contribution in [0.3, 0.4) is 0 Å². The molecule has 2 amide bonds. The fraction of sp³-hybridized carbons (Fsp3) is 0.562. The molecule has 0 aliphatic carbocycles. The predicted octanol–water partition coefficient (Wildman–Crippen LogP) is 4.35. The van der Waals surface area contributed by atoms with E-state index in [-0.39, 0.29) is 6.03 Å². The average Bonchev–Trinajstić information content (AvgIpc) is 2.38. The highest BCUT2D eigenvalue weighted by Crippen LogP contribution is 2.15. The van der Waals surface area contributed by atoms with Crippen molar-refractivity contribution in [2.45, 2.75) is 47.0 Å². The Balaban J connectivity index is 2.66. The normalized spacial score (nSPS) is 10.3. The number of carbonyl (C=O) groups excluding carboxylic acids is 1. The molecule has 1 rings (SSSR count). The van der Waals surface area contributed by atoms with E-state index in [1.165, 1.54) is 11.1 Å². The maximum atomic E-state index is 12.2. The Bertz CT molecular complexity index is 415. The van der Waals surface area contributed by atoms with Gasteiger partial charge in [0, 0.05) is 18.8 Å². The van der Waals surface area contributed by atoms with Crippen LogP contribution >= 0.6 is 0 Å². The Morgan fingerprint density at radius 2 is 1.84 bits per heavy atom. The molecule has 3 heteroatoms. The van der Waals surface area contributed by atoms with Crippen LogP contribution in [-0.2, 0) is 0 Å². The quantitative estimate of drug-likeness (QED) is 0.812. The predicted molar refractivity (Wildman–Crippen MR) is 81.7 cm³/mol. The van der Waals surface area contributed by atoms with Crippen LogP contribution in [0.2, 0.25) is 0 Å². The lowest BCUT2D eigenvalue weighted by molar-refractivity contribution is 0.211. The van der Waals surface area contributed by atoms with Crippen LogP contribution in [0, 0.1) is 13.8 Å². The average molecular weight is 262 g/mol. The molecule has 106 valence electrons. The molecule has 0 unspecified atom stereocenters. The molecule has 19 heavy (non-hydrogen) atoms. The lowest BCUT2D eigenvalue weighted by Crippen LogP contribution is -2.36. The molecule has 3 nitrogen and oxygen atoms in total. The van der Waals surface area contributed by atoms with Gasteiger partial charge in [-0.1, -0.05) is 26.3 Å². The third-order valence-electron chi connectivity index (χ3n) is 3.32. The van der Waals surface area contributed by atoms with Crippen molar-refractivity contribution in [3.63, 3.8) is 0 Å². The molecule has 0 saturated carbocycles. The molecular weight excluding hydrogens is 236 g/mol. The monoisotopic (exact) mass is 262 g/mol. The van der Waals surface area contributed by atoms with E-state index in [1.54, 1.807) is 0 Å². The molecule has 0 fully saturated rings. The van der Waals surface area contributed by atoms with Crippen LogP contribution in [-0.4, -0.2) is 24.0 Å². The first-order valence-corrected chi connectivity index (χ1v) is 7.21. The number of hydrogen-bond acceptors (Lipinski definition) is 1. The number of rotatable bonds is 6. The maximum Gasteiger partial charge on any atom is 0.321 e. The molecule has 0 bridgehead atoms. The number of amides is 2. The van der Waals surface area contributed by atoms with Crippen LogP contribution in [0.4, 0.5) is 10.5 Å². The van der Waals surface area contributed by atoms with Crippen molar-refractivity contribution in [3.8, 4) is 0 Å². The Morgan fingerprint density at radius 3 is 2.42 bits per heavy atom. The number of urea groups is 1. The molecule has 0 radical (unpaired) electrons. The third-order valence-corrected chi connectivity index (χ3v) is 3.32. The standard InChI is InChI=1S/C16H26N2O/c1-5-7-11-18(10-6-2)16(19)17-15-9-8-13(3)14(4)12-15/h8-9,12H,5-7,10-11H2,1-4H3,(H,17,19). The topological polar surface area (TPSA) is 32.3 Å². The first-order chi connectivity index (χ1) is 9.08. The molecule has 1 aromatic rings. The van der Waals surface area contributed by atoms with Gasteiger partial charge in [0.25, 0.3) is 0 Å². The molecule has 0 heterocycles. The Morgan fingerprint density at radius 1 is 1.11 bits per heavy atom. The first-order valence-electron chi connectivity index (χ1n) is 7.21. The highest BCUT2D eigenvalue weighted by molar-refractivity contribution is 5.89. The van der Waals surface area contributed by atoms with Gasteiger partial charge in [-0.15, -0.1) is 0 Å². The minimum atomic E-state index is 0.0125. The van der Waals surface area contributed by atoms with Crippen LogP contribution in [0.15, 0.2) is 18.2 Å². The Kier molecular flexibility index (Phi) is 6.40. The van der Waals surface area contributed by atoms with Gasteiger partial charge in [0.05, 0.1) is 0 Å². The fourth-order valence-electron chi connectivity index (χ4n) is 1.96. The zero-order chi connectivity index (χ0) is 14.3. The van der Waals surface area contributed by atoms with Gasteiger partial charge in [0.15, 0.2) is 0 Å². The molecule has 0 saturated heterocycles. The molecule has 0 aliphatic rings. The van der Waals surface area contributed by atoms with Crippen molar-refractivity contribution >= 4 is 11.7 Å². The van der Waals surface area contributed by atoms with Gasteiger partial charge in [-0.3, -0.25) is 0 Å². The SMILES string of the molecule is CCCCN(CCC)C(=O)Nc1ccc(C)c(C)c1. The number of benzene rings is 1. The number of aryl methyl sites for hydroxylation is 2. The van der Waals surface area contributed by atoms with Crippen LogP contribution in [0.5, 0.6) is 0 Å². The summed E-state index contributed by atoms with van der Waals surface area (Å²) in [7, 11) is 0. The molecule has 0 spiro atoms. The number of hydrogen-bond donors (Lipinski definition) is 1. The van der Waals surface area contributed by atoms with Gasteiger partial charge in [-0.2, -0.15) is 0 Å². The number of nitrogens with one attached hydrogen (secondary N) is 1. The van der Waals surface area contributed by atoms with Gasteiger partial charge in [-0.05, 0) is 49.9 Å². The minimum absolute atomic E-state index is 0.0125. The summed E-state index contributed by atoms with van der Waals surface area (Å²) in [6, 6.07) is 6.04. The molecule has 0 atom stereocenters. The third kappa shape index (κ3) is 4.93. The van der Waals surface area contributed by atoms with Crippen LogP contribution < -0.4 is 5.32 Å². The maximum absolute atomic E-state index is 12.2. The lowest BCUT2D eigenvalue weighted by Gasteiger charge is -2.22. The van der Waals surface area contributed by atoms with E-state index < -0.39 is 0 Å². The summed E-state index contributed by atoms with van der Waals surface area (Å²) in [5.41, 5.74) is 3.33. The fourth-order valence-corrected chi connectivity index (χ4v) is 1.96. The van der Waals surface area contributed by atoms with E-state index in [0.29, 0.717) is 0 Å². The zero-order valence-corrected chi connectivity index (χ0v) is 12.6. The first kappa shape index (κ1) is 15.5. The highest BCUT2D eigenvalue weighted by atomic mass is 16.2. The van der Waals surface area contributed by atoms with E-state index in [9.17, 15) is 4.79 Å². The van der Waals surface area contributed by atoms with Gasteiger partial charge < -0.3 is 10.2 Å². The summed E-state index contributed by atoms with van der Waals surface area (Å²) >= 11 is 0. The van der Waals surface area contributed by atoms with E-state index in [4.69, 9.17) is 0 Å².